The molecular formula is C10H7F2NO4S. The first kappa shape index (κ1) is 12.5. The van der Waals surface area contributed by atoms with Gasteiger partial charge in [0.15, 0.2) is 5.69 Å². The summed E-state index contributed by atoms with van der Waals surface area (Å²) in [6.07, 6.45) is -3.01. The van der Waals surface area contributed by atoms with Gasteiger partial charge in [-0.05, 0) is 11.4 Å². The van der Waals surface area contributed by atoms with E-state index in [1.54, 1.807) is 11.4 Å². The van der Waals surface area contributed by atoms with Crippen LogP contribution in [0.15, 0.2) is 15.9 Å². The lowest BCUT2D eigenvalue weighted by Gasteiger charge is -1.96. The lowest BCUT2D eigenvalue weighted by Crippen LogP contribution is -1.99. The molecule has 18 heavy (non-hydrogen) atoms. The summed E-state index contributed by atoms with van der Waals surface area (Å²) in [5, 5.41) is 10.4. The van der Waals surface area contributed by atoms with E-state index in [2.05, 4.69) is 4.98 Å². The molecule has 0 bridgehead atoms. The molecule has 5 nitrogen and oxygen atoms in total. The van der Waals surface area contributed by atoms with Gasteiger partial charge < -0.3 is 14.3 Å². The molecule has 2 rings (SSSR count). The molecule has 0 radical (unpaired) electrons. The van der Waals surface area contributed by atoms with E-state index in [4.69, 9.17) is 14.3 Å². The number of carboxylic acids is 1. The van der Waals surface area contributed by atoms with Crippen LogP contribution >= 0.6 is 11.3 Å². The van der Waals surface area contributed by atoms with Crippen LogP contribution in [0.3, 0.4) is 0 Å². The van der Waals surface area contributed by atoms with Crippen LogP contribution in [0, 0.1) is 0 Å². The number of halogens is 2. The van der Waals surface area contributed by atoms with Gasteiger partial charge in [-0.2, -0.15) is 0 Å². The predicted octanol–water partition coefficient (Wildman–Crippen LogP) is 3.05. The Morgan fingerprint density at radius 2 is 2.33 bits per heavy atom. The summed E-state index contributed by atoms with van der Waals surface area (Å²) >= 11 is 1.15. The van der Waals surface area contributed by atoms with Crippen molar-refractivity contribution < 1.29 is 27.8 Å². The Morgan fingerprint density at radius 3 is 2.83 bits per heavy atom. The molecule has 0 aliphatic carbocycles. The van der Waals surface area contributed by atoms with E-state index in [1.165, 1.54) is 7.11 Å². The van der Waals surface area contributed by atoms with Gasteiger partial charge in [0, 0.05) is 0 Å². The van der Waals surface area contributed by atoms with Crippen LogP contribution < -0.4 is 4.74 Å². The predicted molar refractivity (Wildman–Crippen MR) is 58.3 cm³/mol. The average molecular weight is 275 g/mol. The number of rotatable bonds is 4. The number of alkyl halides is 2. The molecule has 0 saturated heterocycles. The van der Waals surface area contributed by atoms with Crippen molar-refractivity contribution >= 4 is 17.3 Å². The Morgan fingerprint density at radius 1 is 1.61 bits per heavy atom. The maximum absolute atomic E-state index is 12.6. The summed E-state index contributed by atoms with van der Waals surface area (Å²) in [5.41, 5.74) is -0.882. The third-order valence-corrected chi connectivity index (χ3v) is 2.98. The normalized spacial score (nSPS) is 10.9. The molecule has 0 fully saturated rings. The molecule has 96 valence electrons. The van der Waals surface area contributed by atoms with E-state index in [9.17, 15) is 13.6 Å². The number of thiophene rings is 1. The Labute approximate surface area is 104 Å². The molecule has 2 aromatic heterocycles. The fourth-order valence-electron chi connectivity index (χ4n) is 1.34. The molecule has 8 heteroatoms. The van der Waals surface area contributed by atoms with Gasteiger partial charge >= 0.3 is 5.97 Å². The number of carbonyl (C=O) groups is 1. The standard InChI is InChI=1S/C10H7F2NO4S/c1-16-4-2-3-18-7(4)9-13-5(8(11)12)6(17-9)10(14)15/h2-3,8H,1H3,(H,14,15). The molecule has 0 aliphatic rings. The summed E-state index contributed by atoms with van der Waals surface area (Å²) in [4.78, 5) is 14.7. The van der Waals surface area contributed by atoms with Crippen molar-refractivity contribution in [1.82, 2.24) is 4.98 Å². The number of carboxylic acid groups (broad SMARTS) is 1. The fraction of sp³-hybridized carbons (Fsp3) is 0.200. The summed E-state index contributed by atoms with van der Waals surface area (Å²) in [5.74, 6) is -2.23. The highest BCUT2D eigenvalue weighted by Gasteiger charge is 2.28. The zero-order valence-electron chi connectivity index (χ0n) is 9.02. The highest BCUT2D eigenvalue weighted by Crippen LogP contribution is 2.37. The number of nitrogens with zero attached hydrogens (tertiary/aromatic N) is 1. The summed E-state index contributed by atoms with van der Waals surface area (Å²) in [6.45, 7) is 0. The van der Waals surface area contributed by atoms with Gasteiger partial charge in [-0.1, -0.05) is 0 Å². The number of oxazole rings is 1. The SMILES string of the molecule is COc1ccsc1-c1nc(C(F)F)c(C(=O)O)o1. The second kappa shape index (κ2) is 4.73. The number of methoxy groups -OCH3 is 1. The van der Waals surface area contributed by atoms with E-state index < -0.39 is 23.8 Å². The van der Waals surface area contributed by atoms with Crippen LogP contribution in [-0.2, 0) is 0 Å². The van der Waals surface area contributed by atoms with Crippen LogP contribution in [0.2, 0.25) is 0 Å². The number of ether oxygens (including phenoxy) is 1. The monoisotopic (exact) mass is 275 g/mol. The molecule has 2 heterocycles. The highest BCUT2D eigenvalue weighted by molar-refractivity contribution is 7.13. The van der Waals surface area contributed by atoms with Crippen molar-refractivity contribution in [3.63, 3.8) is 0 Å². The van der Waals surface area contributed by atoms with Crippen LogP contribution in [0.25, 0.3) is 10.8 Å². The van der Waals surface area contributed by atoms with Crippen molar-refractivity contribution in [3.05, 3.63) is 22.9 Å². The second-order valence-corrected chi connectivity index (χ2v) is 4.07. The molecule has 0 aromatic carbocycles. The summed E-state index contributed by atoms with van der Waals surface area (Å²) in [6, 6.07) is 1.60. The van der Waals surface area contributed by atoms with Gasteiger partial charge in [-0.3, -0.25) is 0 Å². The van der Waals surface area contributed by atoms with E-state index >= 15 is 0 Å². The summed E-state index contributed by atoms with van der Waals surface area (Å²) in [7, 11) is 1.40. The molecule has 0 saturated carbocycles. The molecule has 0 amide bonds. The first-order chi connectivity index (χ1) is 8.54. The van der Waals surface area contributed by atoms with Crippen LogP contribution in [0.5, 0.6) is 5.75 Å². The van der Waals surface area contributed by atoms with Gasteiger partial charge in [-0.25, -0.2) is 18.6 Å². The minimum Gasteiger partial charge on any atom is -0.495 e. The quantitative estimate of drug-likeness (QED) is 0.928. The minimum absolute atomic E-state index is 0.186. The third-order valence-electron chi connectivity index (χ3n) is 2.10. The van der Waals surface area contributed by atoms with Crippen molar-refractivity contribution in [2.24, 2.45) is 0 Å². The highest BCUT2D eigenvalue weighted by atomic mass is 32.1. The topological polar surface area (TPSA) is 72.6 Å². The fourth-order valence-corrected chi connectivity index (χ4v) is 2.13. The zero-order chi connectivity index (χ0) is 13.3. The van der Waals surface area contributed by atoms with Gasteiger partial charge in [-0.15, -0.1) is 11.3 Å². The Hall–Kier alpha value is -1.96. The van der Waals surface area contributed by atoms with Crippen molar-refractivity contribution in [3.8, 4) is 16.5 Å². The maximum atomic E-state index is 12.6. The van der Waals surface area contributed by atoms with Gasteiger partial charge in [0.25, 0.3) is 6.43 Å². The first-order valence-electron chi connectivity index (χ1n) is 4.68. The van der Waals surface area contributed by atoms with Gasteiger partial charge in [0.1, 0.15) is 10.6 Å². The maximum Gasteiger partial charge on any atom is 0.374 e. The van der Waals surface area contributed by atoms with E-state index in [0.717, 1.165) is 11.3 Å². The molecule has 2 aromatic rings. The zero-order valence-corrected chi connectivity index (χ0v) is 9.83. The molecule has 0 aliphatic heterocycles. The van der Waals surface area contributed by atoms with Crippen LogP contribution in [0.4, 0.5) is 8.78 Å². The Balaban J connectivity index is 2.53. The van der Waals surface area contributed by atoms with Gasteiger partial charge in [0.05, 0.1) is 7.11 Å². The molecule has 0 atom stereocenters. The van der Waals surface area contributed by atoms with E-state index in [1.807, 2.05) is 0 Å². The van der Waals surface area contributed by atoms with E-state index in [-0.39, 0.29) is 5.89 Å². The van der Waals surface area contributed by atoms with Gasteiger partial charge in [0.2, 0.25) is 11.7 Å². The van der Waals surface area contributed by atoms with E-state index in [0.29, 0.717) is 10.6 Å². The van der Waals surface area contributed by atoms with Crippen molar-refractivity contribution in [2.45, 2.75) is 6.43 Å². The number of aromatic carboxylic acids is 1. The number of aromatic nitrogens is 1. The largest absolute Gasteiger partial charge is 0.495 e. The smallest absolute Gasteiger partial charge is 0.374 e. The van der Waals surface area contributed by atoms with Crippen molar-refractivity contribution in [2.75, 3.05) is 7.11 Å². The number of hydrogen-bond acceptors (Lipinski definition) is 5. The lowest BCUT2D eigenvalue weighted by atomic mass is 10.3. The second-order valence-electron chi connectivity index (χ2n) is 3.16. The minimum atomic E-state index is -3.01. The van der Waals surface area contributed by atoms with Crippen LogP contribution in [-0.4, -0.2) is 23.2 Å². The first-order valence-corrected chi connectivity index (χ1v) is 5.56. The van der Waals surface area contributed by atoms with Crippen LogP contribution in [0.1, 0.15) is 22.7 Å². The molecule has 0 spiro atoms. The summed E-state index contributed by atoms with van der Waals surface area (Å²) < 4.78 is 35.1. The number of hydrogen-bond donors (Lipinski definition) is 1. The van der Waals surface area contributed by atoms with Crippen molar-refractivity contribution in [1.29, 1.82) is 0 Å². The Bertz CT molecular complexity index is 578. The average Bonchev–Trinajstić information content (AvgIpc) is 2.94. The lowest BCUT2D eigenvalue weighted by molar-refractivity contribution is 0.0647. The molecule has 1 N–H and O–H groups in total. The third kappa shape index (κ3) is 2.06. The Kier molecular flexibility index (Phi) is 3.28. The molecular weight excluding hydrogens is 268 g/mol. The molecule has 0 unspecified atom stereocenters.